The van der Waals surface area contributed by atoms with Gasteiger partial charge in [-0.2, -0.15) is 0 Å². The Bertz CT molecular complexity index is 765. The fourth-order valence-corrected chi connectivity index (χ4v) is 2.15. The first-order chi connectivity index (χ1) is 12.6. The number of rotatable bonds is 8. The summed E-state index contributed by atoms with van der Waals surface area (Å²) in [6.45, 7) is 6.22. The van der Waals surface area contributed by atoms with E-state index in [1.807, 2.05) is 13.8 Å². The van der Waals surface area contributed by atoms with Gasteiger partial charge in [0.1, 0.15) is 17.2 Å². The van der Waals surface area contributed by atoms with Crippen LogP contribution < -0.4 is 20.1 Å². The van der Waals surface area contributed by atoms with Gasteiger partial charge in [0.2, 0.25) is 5.91 Å². The molecule has 0 saturated carbocycles. The Morgan fingerprint density at radius 2 is 1.58 bits per heavy atom. The maximum atomic E-state index is 12.4. The van der Waals surface area contributed by atoms with E-state index in [-0.39, 0.29) is 11.6 Å². The summed E-state index contributed by atoms with van der Waals surface area (Å²) in [4.78, 5) is 32.0. The molecule has 2 rings (SSSR count). The number of nitrogens with one attached hydrogen (secondary N) is 2. The number of ether oxygens (including phenoxy) is 2. The molecule has 0 fully saturated rings. The number of hydrogen-bond donors (Lipinski definition) is 2. The minimum atomic E-state index is -0.424. The Balaban J connectivity index is 2.38. The second kappa shape index (κ2) is 9.36. The van der Waals surface area contributed by atoms with Gasteiger partial charge in [-0.25, -0.2) is 4.98 Å². The monoisotopic (exact) mass is 358 g/mol. The standard InChI is InChI=1S/C18H22N4O4/c1-4-17(23)21-12-9-16(26-6-3)13(10-15(12)25-5-2)22-18(24)14-11-19-7-8-20-14/h7-11H,4-6H2,1-3H3,(H,21,23)(H,22,24). The molecule has 0 aliphatic carbocycles. The van der Waals surface area contributed by atoms with Crippen molar-refractivity contribution in [3.05, 3.63) is 36.4 Å². The SMILES string of the molecule is CCOc1cc(NC(=O)c2cnccn2)c(OCC)cc1NC(=O)CC. The summed E-state index contributed by atoms with van der Waals surface area (Å²) >= 11 is 0. The first-order valence-corrected chi connectivity index (χ1v) is 8.39. The van der Waals surface area contributed by atoms with Gasteiger partial charge in [-0.1, -0.05) is 6.92 Å². The Morgan fingerprint density at radius 1 is 0.962 bits per heavy atom. The van der Waals surface area contributed by atoms with E-state index in [1.165, 1.54) is 18.6 Å². The fraction of sp³-hybridized carbons (Fsp3) is 0.333. The van der Waals surface area contributed by atoms with Gasteiger partial charge in [-0.05, 0) is 13.8 Å². The number of hydrogen-bond acceptors (Lipinski definition) is 6. The van der Waals surface area contributed by atoms with E-state index in [0.29, 0.717) is 42.5 Å². The van der Waals surface area contributed by atoms with Crippen LogP contribution in [0.2, 0.25) is 0 Å². The molecule has 0 saturated heterocycles. The molecule has 0 aliphatic heterocycles. The third-order valence-corrected chi connectivity index (χ3v) is 3.32. The highest BCUT2D eigenvalue weighted by atomic mass is 16.5. The minimum absolute atomic E-state index is 0.148. The van der Waals surface area contributed by atoms with Crippen molar-refractivity contribution >= 4 is 23.2 Å². The maximum Gasteiger partial charge on any atom is 0.275 e. The zero-order chi connectivity index (χ0) is 18.9. The molecule has 0 bridgehead atoms. The second-order valence-corrected chi connectivity index (χ2v) is 5.16. The Hall–Kier alpha value is -3.16. The lowest BCUT2D eigenvalue weighted by Gasteiger charge is -2.17. The van der Waals surface area contributed by atoms with Crippen molar-refractivity contribution in [3.8, 4) is 11.5 Å². The third kappa shape index (κ3) is 4.92. The zero-order valence-electron chi connectivity index (χ0n) is 15.0. The lowest BCUT2D eigenvalue weighted by molar-refractivity contribution is -0.115. The van der Waals surface area contributed by atoms with Crippen LogP contribution in [0.1, 0.15) is 37.7 Å². The maximum absolute atomic E-state index is 12.4. The highest BCUT2D eigenvalue weighted by Gasteiger charge is 2.17. The lowest BCUT2D eigenvalue weighted by Crippen LogP contribution is -2.16. The summed E-state index contributed by atoms with van der Waals surface area (Å²) in [5.41, 5.74) is 1.08. The van der Waals surface area contributed by atoms with Gasteiger partial charge in [-0.15, -0.1) is 0 Å². The topological polar surface area (TPSA) is 102 Å². The van der Waals surface area contributed by atoms with Crippen LogP contribution in [0.3, 0.4) is 0 Å². The highest BCUT2D eigenvalue weighted by molar-refractivity contribution is 6.04. The molecule has 8 heteroatoms. The normalized spacial score (nSPS) is 10.1. The summed E-state index contributed by atoms with van der Waals surface area (Å²) in [5, 5.41) is 5.52. The van der Waals surface area contributed by atoms with Crippen LogP contribution in [0.5, 0.6) is 11.5 Å². The Labute approximate surface area is 151 Å². The fourth-order valence-electron chi connectivity index (χ4n) is 2.15. The van der Waals surface area contributed by atoms with Crippen LogP contribution in [0, 0.1) is 0 Å². The molecular formula is C18H22N4O4. The van der Waals surface area contributed by atoms with Crippen LogP contribution in [-0.4, -0.2) is 35.0 Å². The molecule has 0 unspecified atom stereocenters. The number of aromatic nitrogens is 2. The quantitative estimate of drug-likeness (QED) is 0.752. The minimum Gasteiger partial charge on any atom is -0.492 e. The summed E-state index contributed by atoms with van der Waals surface area (Å²) in [7, 11) is 0. The zero-order valence-corrected chi connectivity index (χ0v) is 15.0. The molecule has 1 aromatic carbocycles. The van der Waals surface area contributed by atoms with Crippen molar-refractivity contribution in [2.45, 2.75) is 27.2 Å². The summed E-state index contributed by atoms with van der Waals surface area (Å²) in [6, 6.07) is 3.25. The van der Waals surface area contributed by atoms with Crippen molar-refractivity contribution in [1.29, 1.82) is 0 Å². The predicted octanol–water partition coefficient (Wildman–Crippen LogP) is 2.87. The van der Waals surface area contributed by atoms with E-state index in [4.69, 9.17) is 9.47 Å². The smallest absolute Gasteiger partial charge is 0.275 e. The highest BCUT2D eigenvalue weighted by Crippen LogP contribution is 2.37. The number of benzene rings is 1. The van der Waals surface area contributed by atoms with Gasteiger partial charge >= 0.3 is 0 Å². The van der Waals surface area contributed by atoms with Crippen molar-refractivity contribution in [2.75, 3.05) is 23.8 Å². The molecular weight excluding hydrogens is 336 g/mol. The number of anilines is 2. The van der Waals surface area contributed by atoms with Crippen molar-refractivity contribution < 1.29 is 19.1 Å². The molecule has 8 nitrogen and oxygen atoms in total. The molecule has 2 amide bonds. The van der Waals surface area contributed by atoms with E-state index in [9.17, 15) is 9.59 Å². The van der Waals surface area contributed by atoms with E-state index < -0.39 is 5.91 Å². The van der Waals surface area contributed by atoms with Crippen LogP contribution >= 0.6 is 0 Å². The van der Waals surface area contributed by atoms with Crippen LogP contribution in [0.4, 0.5) is 11.4 Å². The van der Waals surface area contributed by atoms with E-state index in [2.05, 4.69) is 20.6 Å². The molecule has 0 radical (unpaired) electrons. The average Bonchev–Trinajstić information content (AvgIpc) is 2.65. The van der Waals surface area contributed by atoms with Gasteiger partial charge in [0, 0.05) is 30.9 Å². The Morgan fingerprint density at radius 3 is 2.08 bits per heavy atom. The predicted molar refractivity (Wildman–Crippen MR) is 97.7 cm³/mol. The number of nitrogens with zero attached hydrogens (tertiary/aromatic N) is 2. The summed E-state index contributed by atoms with van der Waals surface area (Å²) in [5.74, 6) is 0.281. The van der Waals surface area contributed by atoms with Crippen molar-refractivity contribution in [2.24, 2.45) is 0 Å². The van der Waals surface area contributed by atoms with Crippen molar-refractivity contribution in [3.63, 3.8) is 0 Å². The first-order valence-electron chi connectivity index (χ1n) is 8.39. The van der Waals surface area contributed by atoms with Crippen LogP contribution in [-0.2, 0) is 4.79 Å². The van der Waals surface area contributed by atoms with Gasteiger partial charge in [0.05, 0.1) is 30.8 Å². The van der Waals surface area contributed by atoms with E-state index >= 15 is 0 Å². The first kappa shape index (κ1) is 19.2. The third-order valence-electron chi connectivity index (χ3n) is 3.32. The molecule has 2 aromatic rings. The van der Waals surface area contributed by atoms with E-state index in [1.54, 1.807) is 19.1 Å². The molecule has 2 N–H and O–H groups in total. The van der Waals surface area contributed by atoms with Crippen LogP contribution in [0.15, 0.2) is 30.7 Å². The van der Waals surface area contributed by atoms with Gasteiger partial charge in [0.25, 0.3) is 5.91 Å². The molecule has 0 atom stereocenters. The second-order valence-electron chi connectivity index (χ2n) is 5.16. The molecule has 1 heterocycles. The van der Waals surface area contributed by atoms with Crippen molar-refractivity contribution in [1.82, 2.24) is 9.97 Å². The van der Waals surface area contributed by atoms with Gasteiger partial charge < -0.3 is 20.1 Å². The molecule has 26 heavy (non-hydrogen) atoms. The van der Waals surface area contributed by atoms with Gasteiger partial charge in [0.15, 0.2) is 0 Å². The summed E-state index contributed by atoms with van der Waals surface area (Å²) in [6.07, 6.45) is 4.63. The van der Waals surface area contributed by atoms with Crippen LogP contribution in [0.25, 0.3) is 0 Å². The molecule has 138 valence electrons. The molecule has 0 spiro atoms. The molecule has 1 aromatic heterocycles. The Kier molecular flexibility index (Phi) is 6.90. The lowest BCUT2D eigenvalue weighted by atomic mass is 10.2. The van der Waals surface area contributed by atoms with Gasteiger partial charge in [-0.3, -0.25) is 14.6 Å². The number of amides is 2. The average molecular weight is 358 g/mol. The number of carbonyl (C=O) groups is 2. The largest absolute Gasteiger partial charge is 0.492 e. The van der Waals surface area contributed by atoms with E-state index in [0.717, 1.165) is 0 Å². The molecule has 0 aliphatic rings. The summed E-state index contributed by atoms with van der Waals surface area (Å²) < 4.78 is 11.2. The number of carbonyl (C=O) groups excluding carboxylic acids is 2.